The Hall–Kier alpha value is -2.85. The molecular formula is C18H17F2N5O2S. The molecule has 0 aliphatic carbocycles. The predicted octanol–water partition coefficient (Wildman–Crippen LogP) is 1.88. The van der Waals surface area contributed by atoms with Crippen molar-refractivity contribution in [3.63, 3.8) is 0 Å². The third-order valence-corrected chi connectivity index (χ3v) is 5.65. The fourth-order valence-corrected chi connectivity index (χ4v) is 4.04. The van der Waals surface area contributed by atoms with Crippen LogP contribution >= 0.6 is 0 Å². The quantitative estimate of drug-likeness (QED) is 0.715. The van der Waals surface area contributed by atoms with Crippen LogP contribution in [-0.2, 0) is 10.0 Å². The number of nitrogens with two attached hydrogens (primary N) is 1. The zero-order valence-corrected chi connectivity index (χ0v) is 15.5. The number of piperazine rings is 1. The third kappa shape index (κ3) is 3.48. The van der Waals surface area contributed by atoms with Gasteiger partial charge in [-0.15, -0.1) is 0 Å². The molecule has 1 aliphatic rings. The molecule has 4 rings (SSSR count). The molecule has 0 atom stereocenters. The van der Waals surface area contributed by atoms with Crippen LogP contribution < -0.4 is 14.9 Å². The molecule has 2 N–H and O–H groups in total. The number of para-hydroxylation sites is 1. The lowest BCUT2D eigenvalue weighted by molar-refractivity contribution is 0.510. The Balaban J connectivity index is 1.55. The number of sulfonamides is 1. The summed E-state index contributed by atoms with van der Waals surface area (Å²) in [6.45, 7) is 2.21. The highest BCUT2D eigenvalue weighted by Crippen LogP contribution is 2.26. The largest absolute Gasteiger partial charge is 0.367 e. The first-order valence-electron chi connectivity index (χ1n) is 8.56. The number of hydrogen-bond donors (Lipinski definition) is 1. The standard InChI is InChI=1S/C18H17F2N5O2S/c19-12-9-14-15(10-13(12)20)23-18(11-22-14)25-7-5-24(6-8-25)16-3-1-2-4-17(16)28(21,26)27/h1-4,9-11H,5-8H2,(H2,21,26,27). The minimum absolute atomic E-state index is 0.0893. The van der Waals surface area contributed by atoms with Gasteiger partial charge in [0.1, 0.15) is 10.7 Å². The van der Waals surface area contributed by atoms with Crippen LogP contribution in [0.4, 0.5) is 20.3 Å². The van der Waals surface area contributed by atoms with Gasteiger partial charge in [0.2, 0.25) is 10.0 Å². The first-order chi connectivity index (χ1) is 13.3. The van der Waals surface area contributed by atoms with Crippen LogP contribution in [0.2, 0.25) is 0 Å². The molecule has 2 aromatic carbocycles. The van der Waals surface area contributed by atoms with Crippen LogP contribution in [0, 0.1) is 11.6 Å². The molecule has 1 aliphatic heterocycles. The Bertz CT molecular complexity index is 1150. The number of hydrogen-bond acceptors (Lipinski definition) is 6. The highest BCUT2D eigenvalue weighted by Gasteiger charge is 2.23. The first kappa shape index (κ1) is 18.5. The van der Waals surface area contributed by atoms with Crippen molar-refractivity contribution in [3.05, 3.63) is 54.2 Å². The number of benzene rings is 2. The minimum Gasteiger partial charge on any atom is -0.367 e. The van der Waals surface area contributed by atoms with E-state index in [1.807, 2.05) is 9.80 Å². The fraction of sp³-hybridized carbons (Fsp3) is 0.222. The lowest BCUT2D eigenvalue weighted by Crippen LogP contribution is -2.47. The molecule has 146 valence electrons. The summed E-state index contributed by atoms with van der Waals surface area (Å²) in [5.74, 6) is -1.38. The maximum atomic E-state index is 13.5. The van der Waals surface area contributed by atoms with Crippen LogP contribution in [0.5, 0.6) is 0 Å². The molecule has 0 amide bonds. The van der Waals surface area contributed by atoms with Gasteiger partial charge >= 0.3 is 0 Å². The van der Waals surface area contributed by atoms with Crippen molar-refractivity contribution in [2.24, 2.45) is 5.14 Å². The summed E-state index contributed by atoms with van der Waals surface area (Å²) in [6, 6.07) is 8.65. The highest BCUT2D eigenvalue weighted by atomic mass is 32.2. The second-order valence-corrected chi connectivity index (χ2v) is 8.00. The lowest BCUT2D eigenvalue weighted by atomic mass is 10.2. The number of anilines is 2. The average Bonchev–Trinajstić information content (AvgIpc) is 2.68. The van der Waals surface area contributed by atoms with Gasteiger partial charge in [-0.1, -0.05) is 12.1 Å². The normalized spacial score (nSPS) is 15.2. The van der Waals surface area contributed by atoms with E-state index in [1.165, 1.54) is 12.3 Å². The zero-order valence-electron chi connectivity index (χ0n) is 14.7. The molecule has 0 spiro atoms. The number of rotatable bonds is 3. The average molecular weight is 405 g/mol. The second-order valence-electron chi connectivity index (χ2n) is 6.47. The molecule has 1 saturated heterocycles. The fourth-order valence-electron chi connectivity index (χ4n) is 3.29. The van der Waals surface area contributed by atoms with Crippen molar-refractivity contribution in [3.8, 4) is 0 Å². The summed E-state index contributed by atoms with van der Waals surface area (Å²) in [7, 11) is -3.82. The SMILES string of the molecule is NS(=O)(=O)c1ccccc1N1CCN(c2cnc3cc(F)c(F)cc3n2)CC1. The van der Waals surface area contributed by atoms with Crippen molar-refractivity contribution in [2.45, 2.75) is 4.90 Å². The van der Waals surface area contributed by atoms with Gasteiger partial charge in [0, 0.05) is 38.3 Å². The van der Waals surface area contributed by atoms with Crippen molar-refractivity contribution in [1.82, 2.24) is 9.97 Å². The summed E-state index contributed by atoms with van der Waals surface area (Å²) in [4.78, 5) is 12.5. The van der Waals surface area contributed by atoms with Gasteiger partial charge in [0.05, 0.1) is 22.9 Å². The van der Waals surface area contributed by atoms with E-state index >= 15 is 0 Å². The van der Waals surface area contributed by atoms with Crippen molar-refractivity contribution in [2.75, 3.05) is 36.0 Å². The van der Waals surface area contributed by atoms with Crippen molar-refractivity contribution >= 4 is 32.6 Å². The van der Waals surface area contributed by atoms with E-state index in [2.05, 4.69) is 9.97 Å². The summed E-state index contributed by atoms with van der Waals surface area (Å²) < 4.78 is 50.4. The molecule has 0 radical (unpaired) electrons. The van der Waals surface area contributed by atoms with Crippen LogP contribution in [0.1, 0.15) is 0 Å². The van der Waals surface area contributed by atoms with Crippen molar-refractivity contribution in [1.29, 1.82) is 0 Å². The van der Waals surface area contributed by atoms with Gasteiger partial charge in [-0.05, 0) is 12.1 Å². The monoisotopic (exact) mass is 405 g/mol. The molecule has 10 heteroatoms. The number of nitrogens with zero attached hydrogens (tertiary/aromatic N) is 4. The third-order valence-electron chi connectivity index (χ3n) is 4.69. The summed E-state index contributed by atoms with van der Waals surface area (Å²) in [5.41, 5.74) is 1.12. The van der Waals surface area contributed by atoms with Crippen LogP contribution in [0.3, 0.4) is 0 Å². The Labute approximate surface area is 160 Å². The Morgan fingerprint density at radius 1 is 0.929 bits per heavy atom. The van der Waals surface area contributed by atoms with Gasteiger partial charge in [0.25, 0.3) is 0 Å². The Kier molecular flexibility index (Phi) is 4.60. The molecule has 0 unspecified atom stereocenters. The molecule has 28 heavy (non-hydrogen) atoms. The maximum Gasteiger partial charge on any atom is 0.240 e. The number of primary sulfonamides is 1. The molecule has 3 aromatic rings. The zero-order chi connectivity index (χ0) is 19.9. The minimum atomic E-state index is -3.82. The van der Waals surface area contributed by atoms with Gasteiger partial charge in [0.15, 0.2) is 11.6 Å². The van der Waals surface area contributed by atoms with Gasteiger partial charge in [-0.3, -0.25) is 4.98 Å². The van der Waals surface area contributed by atoms with E-state index in [0.29, 0.717) is 37.7 Å². The van der Waals surface area contributed by atoms with Crippen molar-refractivity contribution < 1.29 is 17.2 Å². The molecular weight excluding hydrogens is 388 g/mol. The summed E-state index contributed by atoms with van der Waals surface area (Å²) in [5, 5.41) is 5.32. The van der Waals surface area contributed by atoms with Crippen LogP contribution in [-0.4, -0.2) is 44.6 Å². The van der Waals surface area contributed by atoms with Crippen LogP contribution in [0.15, 0.2) is 47.5 Å². The molecule has 7 nitrogen and oxygen atoms in total. The van der Waals surface area contributed by atoms with Gasteiger partial charge in [-0.2, -0.15) is 0 Å². The first-order valence-corrected chi connectivity index (χ1v) is 10.1. The Morgan fingerprint density at radius 3 is 2.21 bits per heavy atom. The van der Waals surface area contributed by atoms with Gasteiger partial charge < -0.3 is 9.80 Å². The molecule has 1 aromatic heterocycles. The van der Waals surface area contributed by atoms with E-state index < -0.39 is 21.7 Å². The highest BCUT2D eigenvalue weighted by molar-refractivity contribution is 7.89. The number of fused-ring (bicyclic) bond motifs is 1. The van der Waals surface area contributed by atoms with E-state index in [9.17, 15) is 17.2 Å². The van der Waals surface area contributed by atoms with E-state index in [4.69, 9.17) is 5.14 Å². The van der Waals surface area contributed by atoms with Crippen LogP contribution in [0.25, 0.3) is 11.0 Å². The maximum absolute atomic E-state index is 13.5. The van der Waals surface area contributed by atoms with E-state index in [0.717, 1.165) is 12.1 Å². The molecule has 0 saturated carbocycles. The number of halogens is 2. The summed E-state index contributed by atoms with van der Waals surface area (Å²) in [6.07, 6.45) is 1.52. The predicted molar refractivity (Wildman–Crippen MR) is 102 cm³/mol. The smallest absolute Gasteiger partial charge is 0.240 e. The Morgan fingerprint density at radius 2 is 1.54 bits per heavy atom. The molecule has 1 fully saturated rings. The molecule has 0 bridgehead atoms. The van der Waals surface area contributed by atoms with Gasteiger partial charge in [-0.25, -0.2) is 27.3 Å². The summed E-state index contributed by atoms with van der Waals surface area (Å²) >= 11 is 0. The van der Waals surface area contributed by atoms with E-state index in [-0.39, 0.29) is 15.9 Å². The number of aromatic nitrogens is 2. The molecule has 2 heterocycles. The lowest BCUT2D eigenvalue weighted by Gasteiger charge is -2.37. The second kappa shape index (κ2) is 6.95. The van der Waals surface area contributed by atoms with E-state index in [1.54, 1.807) is 18.2 Å². The topological polar surface area (TPSA) is 92.4 Å².